The molecule has 1 fully saturated rings. The zero-order valence-corrected chi connectivity index (χ0v) is 19.4. The van der Waals surface area contributed by atoms with Crippen LogP contribution < -0.4 is 5.32 Å². The van der Waals surface area contributed by atoms with Gasteiger partial charge in [-0.1, -0.05) is 45.0 Å². The molecule has 170 valence electrons. The lowest BCUT2D eigenvalue weighted by molar-refractivity contribution is 0.0364. The Bertz CT molecular complexity index is 1040. The van der Waals surface area contributed by atoms with E-state index in [0.717, 1.165) is 56.3 Å². The second-order valence-corrected chi connectivity index (χ2v) is 9.46. The maximum absolute atomic E-state index is 12.6. The molecule has 2 aromatic carbocycles. The summed E-state index contributed by atoms with van der Waals surface area (Å²) in [7, 11) is 0. The van der Waals surface area contributed by atoms with E-state index in [1.807, 2.05) is 30.3 Å². The maximum Gasteiger partial charge on any atom is 0.251 e. The number of imidazole rings is 1. The highest BCUT2D eigenvalue weighted by molar-refractivity contribution is 5.94. The van der Waals surface area contributed by atoms with Crippen LogP contribution in [0.25, 0.3) is 11.0 Å². The number of hydrogen-bond acceptors (Lipinski definition) is 4. The SMILES string of the molecule is CC(C)(C)c1ccc(C(=O)NCCc2nc3ccccc3n2CCN2CCOCC2)cc1. The molecule has 1 amide bonds. The second-order valence-electron chi connectivity index (χ2n) is 9.46. The number of aromatic nitrogens is 2. The first kappa shape index (κ1) is 22.5. The second kappa shape index (κ2) is 9.84. The third-order valence-electron chi connectivity index (χ3n) is 6.12. The lowest BCUT2D eigenvalue weighted by Gasteiger charge is -2.27. The minimum atomic E-state index is -0.0403. The fraction of sp³-hybridized carbons (Fsp3) is 0.462. The molecular weight excluding hydrogens is 400 g/mol. The van der Waals surface area contributed by atoms with Gasteiger partial charge in [-0.15, -0.1) is 0 Å². The summed E-state index contributed by atoms with van der Waals surface area (Å²) in [6.07, 6.45) is 0.698. The van der Waals surface area contributed by atoms with Gasteiger partial charge in [0.2, 0.25) is 0 Å². The summed E-state index contributed by atoms with van der Waals surface area (Å²) < 4.78 is 7.77. The molecule has 6 nitrogen and oxygen atoms in total. The van der Waals surface area contributed by atoms with Gasteiger partial charge in [-0.3, -0.25) is 9.69 Å². The van der Waals surface area contributed by atoms with Gasteiger partial charge in [0.1, 0.15) is 5.82 Å². The molecule has 6 heteroatoms. The molecule has 1 aliphatic rings. The van der Waals surface area contributed by atoms with Crippen molar-refractivity contribution in [2.24, 2.45) is 0 Å². The number of ether oxygens (including phenoxy) is 1. The summed E-state index contributed by atoms with van der Waals surface area (Å²) in [5, 5.41) is 3.06. The van der Waals surface area contributed by atoms with Crippen molar-refractivity contribution in [1.29, 1.82) is 0 Å². The first-order valence-corrected chi connectivity index (χ1v) is 11.5. The van der Waals surface area contributed by atoms with Crippen LogP contribution in [0.1, 0.15) is 42.5 Å². The number of fused-ring (bicyclic) bond motifs is 1. The van der Waals surface area contributed by atoms with Crippen molar-refractivity contribution in [3.05, 3.63) is 65.5 Å². The number of nitrogens with one attached hydrogen (secondary N) is 1. The Morgan fingerprint density at radius 1 is 1.03 bits per heavy atom. The number of carbonyl (C=O) groups excluding carboxylic acids is 1. The van der Waals surface area contributed by atoms with E-state index in [2.05, 4.69) is 53.8 Å². The van der Waals surface area contributed by atoms with Crippen LogP contribution in [-0.2, 0) is 23.1 Å². The van der Waals surface area contributed by atoms with Crippen molar-refractivity contribution in [1.82, 2.24) is 19.8 Å². The summed E-state index contributed by atoms with van der Waals surface area (Å²) in [6.45, 7) is 12.5. The van der Waals surface area contributed by atoms with Crippen LogP contribution in [0.5, 0.6) is 0 Å². The van der Waals surface area contributed by atoms with Crippen molar-refractivity contribution < 1.29 is 9.53 Å². The largest absolute Gasteiger partial charge is 0.379 e. The molecule has 0 saturated carbocycles. The van der Waals surface area contributed by atoms with Crippen molar-refractivity contribution in [3.8, 4) is 0 Å². The first-order chi connectivity index (χ1) is 15.4. The first-order valence-electron chi connectivity index (χ1n) is 11.5. The van der Waals surface area contributed by atoms with Gasteiger partial charge in [0, 0.05) is 44.7 Å². The Balaban J connectivity index is 1.39. The Morgan fingerprint density at radius 3 is 2.47 bits per heavy atom. The Morgan fingerprint density at radius 2 is 1.75 bits per heavy atom. The number of rotatable bonds is 7. The molecule has 0 radical (unpaired) electrons. The summed E-state index contributed by atoms with van der Waals surface area (Å²) in [4.78, 5) is 19.9. The quantitative estimate of drug-likeness (QED) is 0.617. The van der Waals surface area contributed by atoms with Crippen molar-refractivity contribution in [3.63, 3.8) is 0 Å². The molecule has 1 aliphatic heterocycles. The van der Waals surface area contributed by atoms with Gasteiger partial charge in [-0.05, 0) is 35.2 Å². The Hall–Kier alpha value is -2.70. The van der Waals surface area contributed by atoms with E-state index >= 15 is 0 Å². The van der Waals surface area contributed by atoms with Crippen molar-refractivity contribution >= 4 is 16.9 Å². The van der Waals surface area contributed by atoms with Crippen LogP contribution in [0.4, 0.5) is 0 Å². The molecule has 0 spiro atoms. The standard InChI is InChI=1S/C26H34N4O2/c1-26(2,3)21-10-8-20(9-11-21)25(31)27-13-12-24-28-22-6-4-5-7-23(22)30(24)15-14-29-16-18-32-19-17-29/h4-11H,12-19H2,1-3H3,(H,27,31). The summed E-state index contributed by atoms with van der Waals surface area (Å²) >= 11 is 0. The monoisotopic (exact) mass is 434 g/mol. The number of para-hydroxylation sites is 2. The molecule has 0 bridgehead atoms. The molecule has 0 atom stereocenters. The number of carbonyl (C=O) groups is 1. The van der Waals surface area contributed by atoms with E-state index in [1.165, 1.54) is 5.56 Å². The van der Waals surface area contributed by atoms with Gasteiger partial charge in [0.25, 0.3) is 5.91 Å². The predicted octanol–water partition coefficient (Wildman–Crippen LogP) is 3.64. The van der Waals surface area contributed by atoms with Crippen LogP contribution in [0, 0.1) is 0 Å². The highest BCUT2D eigenvalue weighted by Crippen LogP contribution is 2.22. The lowest BCUT2D eigenvalue weighted by Crippen LogP contribution is -2.38. The number of benzene rings is 2. The van der Waals surface area contributed by atoms with Crippen molar-refractivity contribution in [2.45, 2.75) is 39.2 Å². The predicted molar refractivity (Wildman–Crippen MR) is 128 cm³/mol. The van der Waals surface area contributed by atoms with E-state index in [0.29, 0.717) is 18.5 Å². The zero-order valence-electron chi connectivity index (χ0n) is 19.4. The Kier molecular flexibility index (Phi) is 6.92. The number of nitrogens with zero attached hydrogens (tertiary/aromatic N) is 3. The van der Waals surface area contributed by atoms with Gasteiger partial charge >= 0.3 is 0 Å². The van der Waals surface area contributed by atoms with Crippen molar-refractivity contribution in [2.75, 3.05) is 39.4 Å². The molecule has 4 rings (SSSR count). The topological polar surface area (TPSA) is 59.4 Å². The van der Waals surface area contributed by atoms with Crippen LogP contribution in [-0.4, -0.2) is 59.8 Å². The Labute approximate surface area is 190 Å². The number of hydrogen-bond donors (Lipinski definition) is 1. The summed E-state index contributed by atoms with van der Waals surface area (Å²) in [5.74, 6) is 0.976. The fourth-order valence-electron chi connectivity index (χ4n) is 4.14. The van der Waals surface area contributed by atoms with Gasteiger partial charge in [0.15, 0.2) is 0 Å². The maximum atomic E-state index is 12.6. The van der Waals surface area contributed by atoms with E-state index < -0.39 is 0 Å². The van der Waals surface area contributed by atoms with Gasteiger partial charge < -0.3 is 14.6 Å². The molecule has 3 aromatic rings. The molecule has 0 aliphatic carbocycles. The molecular formula is C26H34N4O2. The third-order valence-corrected chi connectivity index (χ3v) is 6.12. The smallest absolute Gasteiger partial charge is 0.251 e. The fourth-order valence-corrected chi connectivity index (χ4v) is 4.14. The average Bonchev–Trinajstić information content (AvgIpc) is 3.15. The summed E-state index contributed by atoms with van der Waals surface area (Å²) in [5.41, 5.74) is 4.16. The van der Waals surface area contributed by atoms with Crippen LogP contribution in [0.2, 0.25) is 0 Å². The van der Waals surface area contributed by atoms with Gasteiger partial charge in [-0.25, -0.2) is 4.98 Å². The van der Waals surface area contributed by atoms with Crippen LogP contribution >= 0.6 is 0 Å². The number of morpholine rings is 1. The van der Waals surface area contributed by atoms with E-state index in [1.54, 1.807) is 0 Å². The lowest BCUT2D eigenvalue weighted by atomic mass is 9.87. The highest BCUT2D eigenvalue weighted by atomic mass is 16.5. The summed E-state index contributed by atoms with van der Waals surface area (Å²) in [6, 6.07) is 16.2. The van der Waals surface area contributed by atoms with E-state index in [4.69, 9.17) is 9.72 Å². The molecule has 2 heterocycles. The van der Waals surface area contributed by atoms with Gasteiger partial charge in [-0.2, -0.15) is 0 Å². The molecule has 1 saturated heterocycles. The molecule has 32 heavy (non-hydrogen) atoms. The normalized spacial score (nSPS) is 15.2. The molecule has 1 N–H and O–H groups in total. The minimum Gasteiger partial charge on any atom is -0.379 e. The highest BCUT2D eigenvalue weighted by Gasteiger charge is 2.16. The van der Waals surface area contributed by atoms with E-state index in [-0.39, 0.29) is 11.3 Å². The molecule has 1 aromatic heterocycles. The van der Waals surface area contributed by atoms with Gasteiger partial charge in [0.05, 0.1) is 24.2 Å². The number of amides is 1. The average molecular weight is 435 g/mol. The molecule has 0 unspecified atom stereocenters. The minimum absolute atomic E-state index is 0.0403. The van der Waals surface area contributed by atoms with E-state index in [9.17, 15) is 4.79 Å². The van der Waals surface area contributed by atoms with Crippen LogP contribution in [0.3, 0.4) is 0 Å². The zero-order chi connectivity index (χ0) is 22.6. The third kappa shape index (κ3) is 5.37. The van der Waals surface area contributed by atoms with Crippen LogP contribution in [0.15, 0.2) is 48.5 Å².